The van der Waals surface area contributed by atoms with Crippen LogP contribution < -0.4 is 15.8 Å². The van der Waals surface area contributed by atoms with Crippen molar-refractivity contribution >= 4 is 23.6 Å². The Morgan fingerprint density at radius 2 is 2.03 bits per heavy atom. The first-order valence-electron chi connectivity index (χ1n) is 10.4. The van der Waals surface area contributed by atoms with Crippen LogP contribution in [0.4, 0.5) is 16.2 Å². The molecule has 0 spiro atoms. The lowest BCUT2D eigenvalue weighted by Crippen LogP contribution is -2.41. The molecule has 10 heteroatoms. The fraction of sp³-hybridized carbons (Fsp3) is 0.409. The molecule has 3 heterocycles. The van der Waals surface area contributed by atoms with Crippen molar-refractivity contribution in [2.24, 2.45) is 11.8 Å². The zero-order valence-corrected chi connectivity index (χ0v) is 17.4. The number of nitriles is 1. The van der Waals surface area contributed by atoms with E-state index in [4.69, 9.17) is 4.74 Å². The van der Waals surface area contributed by atoms with Crippen molar-refractivity contribution in [2.75, 3.05) is 29.9 Å². The first kappa shape index (κ1) is 21.5. The van der Waals surface area contributed by atoms with E-state index in [1.807, 2.05) is 11.0 Å². The van der Waals surface area contributed by atoms with Gasteiger partial charge in [0, 0.05) is 19.0 Å². The molecule has 2 unspecified atom stereocenters. The molecule has 1 fully saturated rings. The van der Waals surface area contributed by atoms with Gasteiger partial charge in [-0.05, 0) is 31.4 Å². The maximum absolute atomic E-state index is 14.5. The van der Waals surface area contributed by atoms with E-state index in [1.54, 1.807) is 13.0 Å². The number of nitrogens with zero attached hydrogens (tertiary/aromatic N) is 3. The number of benzene rings is 1. The predicted molar refractivity (Wildman–Crippen MR) is 112 cm³/mol. The summed E-state index contributed by atoms with van der Waals surface area (Å²) >= 11 is 0. The second kappa shape index (κ2) is 8.78. The number of H-pyrrole nitrogens is 1. The van der Waals surface area contributed by atoms with Crippen molar-refractivity contribution in [1.29, 1.82) is 5.26 Å². The minimum atomic E-state index is -1.27. The van der Waals surface area contributed by atoms with Gasteiger partial charge in [0.25, 0.3) is 5.56 Å². The Balaban J connectivity index is 1.68. The average Bonchev–Trinajstić information content (AvgIpc) is 2.78. The molecule has 1 saturated heterocycles. The summed E-state index contributed by atoms with van der Waals surface area (Å²) < 4.78 is 19.6. The molecule has 0 bridgehead atoms. The van der Waals surface area contributed by atoms with Gasteiger partial charge in [-0.2, -0.15) is 10.2 Å². The van der Waals surface area contributed by atoms with Crippen LogP contribution in [-0.4, -0.2) is 41.5 Å². The fourth-order valence-corrected chi connectivity index (χ4v) is 4.30. The summed E-state index contributed by atoms with van der Waals surface area (Å²) in [6.07, 6.45) is 1.08. The van der Waals surface area contributed by atoms with Crippen molar-refractivity contribution in [1.82, 2.24) is 9.97 Å². The standard InChI is InChI=1S/C22H22FN5O4/c1-2-32-21(31)12-7-9-28(10-8-12)22-26-18-17(20(30)27-22)16(14(11-24)19(29)25-18)13-5-3-4-6-15(13)23/h3-6,12,14,16H,2,7-10H2,1H3,(H2,25,26,27,29,30). The number of hydrogen-bond donors (Lipinski definition) is 2. The number of aromatic nitrogens is 2. The van der Waals surface area contributed by atoms with Gasteiger partial charge < -0.3 is 15.0 Å². The van der Waals surface area contributed by atoms with Crippen molar-refractivity contribution < 1.29 is 18.7 Å². The summed E-state index contributed by atoms with van der Waals surface area (Å²) in [7, 11) is 0. The number of carbonyl (C=O) groups excluding carboxylic acids is 2. The first-order chi connectivity index (χ1) is 15.4. The number of anilines is 2. The molecule has 0 radical (unpaired) electrons. The maximum atomic E-state index is 14.5. The van der Waals surface area contributed by atoms with Crippen LogP contribution in [0.15, 0.2) is 29.1 Å². The van der Waals surface area contributed by atoms with Gasteiger partial charge in [-0.1, -0.05) is 18.2 Å². The highest BCUT2D eigenvalue weighted by Crippen LogP contribution is 2.39. The summed E-state index contributed by atoms with van der Waals surface area (Å²) in [4.78, 5) is 46.6. The zero-order chi connectivity index (χ0) is 22.8. The molecular weight excluding hydrogens is 417 g/mol. The van der Waals surface area contributed by atoms with Gasteiger partial charge in [0.1, 0.15) is 17.6 Å². The number of ether oxygens (including phenoxy) is 1. The molecule has 2 aliphatic heterocycles. The summed E-state index contributed by atoms with van der Waals surface area (Å²) in [5.74, 6) is -3.78. The molecule has 4 rings (SSSR count). The largest absolute Gasteiger partial charge is 0.466 e. The van der Waals surface area contributed by atoms with E-state index in [0.29, 0.717) is 32.5 Å². The van der Waals surface area contributed by atoms with Crippen LogP contribution in [0, 0.1) is 29.0 Å². The average molecular weight is 439 g/mol. The molecular formula is C22H22FN5O4. The topological polar surface area (TPSA) is 128 Å². The SMILES string of the molecule is CCOC(=O)C1CCN(c2nc3c(c(=O)[nH]2)C(c2ccccc2F)C(C#N)C(=O)N3)CC1. The van der Waals surface area contributed by atoms with E-state index in [9.17, 15) is 24.0 Å². The van der Waals surface area contributed by atoms with Gasteiger partial charge in [0.15, 0.2) is 0 Å². The van der Waals surface area contributed by atoms with E-state index in [1.165, 1.54) is 18.2 Å². The zero-order valence-electron chi connectivity index (χ0n) is 17.4. The Bertz CT molecular complexity index is 1150. The quantitative estimate of drug-likeness (QED) is 0.697. The maximum Gasteiger partial charge on any atom is 0.309 e. The van der Waals surface area contributed by atoms with Crippen LogP contribution in [0.5, 0.6) is 0 Å². The number of esters is 1. The second-order valence-electron chi connectivity index (χ2n) is 7.76. The van der Waals surface area contributed by atoms with E-state index in [0.717, 1.165) is 0 Å². The Morgan fingerprint density at radius 3 is 2.69 bits per heavy atom. The molecule has 2 N–H and O–H groups in total. The third kappa shape index (κ3) is 3.82. The van der Waals surface area contributed by atoms with Crippen molar-refractivity contribution in [3.8, 4) is 6.07 Å². The normalized spacial score (nSPS) is 20.8. The van der Waals surface area contributed by atoms with Gasteiger partial charge in [-0.25, -0.2) is 4.39 Å². The number of piperidine rings is 1. The number of carbonyl (C=O) groups is 2. The minimum absolute atomic E-state index is 0.0148. The number of halogens is 1. The highest BCUT2D eigenvalue weighted by atomic mass is 19.1. The van der Waals surface area contributed by atoms with E-state index in [2.05, 4.69) is 15.3 Å². The summed E-state index contributed by atoms with van der Waals surface area (Å²) in [5.41, 5.74) is -0.414. The molecule has 9 nitrogen and oxygen atoms in total. The fourth-order valence-electron chi connectivity index (χ4n) is 4.30. The molecule has 2 aromatic rings. The lowest BCUT2D eigenvalue weighted by Gasteiger charge is -2.33. The van der Waals surface area contributed by atoms with Crippen LogP contribution in [0.25, 0.3) is 0 Å². The Labute approximate surface area is 183 Å². The lowest BCUT2D eigenvalue weighted by molar-refractivity contribution is -0.148. The van der Waals surface area contributed by atoms with E-state index in [-0.39, 0.29) is 34.8 Å². The molecule has 1 aromatic carbocycles. The molecule has 1 aromatic heterocycles. The van der Waals surface area contributed by atoms with Gasteiger partial charge >= 0.3 is 5.97 Å². The predicted octanol–water partition coefficient (Wildman–Crippen LogP) is 1.91. The highest BCUT2D eigenvalue weighted by molar-refractivity contribution is 5.98. The van der Waals surface area contributed by atoms with Crippen molar-refractivity contribution in [3.05, 3.63) is 51.6 Å². The molecule has 32 heavy (non-hydrogen) atoms. The third-order valence-electron chi connectivity index (χ3n) is 5.90. The van der Waals surface area contributed by atoms with Crippen molar-refractivity contribution in [3.63, 3.8) is 0 Å². The monoisotopic (exact) mass is 439 g/mol. The molecule has 1 amide bonds. The minimum Gasteiger partial charge on any atom is -0.466 e. The Morgan fingerprint density at radius 1 is 1.31 bits per heavy atom. The lowest BCUT2D eigenvalue weighted by atomic mass is 9.79. The van der Waals surface area contributed by atoms with Crippen LogP contribution in [0.2, 0.25) is 0 Å². The number of fused-ring (bicyclic) bond motifs is 1. The van der Waals surface area contributed by atoms with Crippen LogP contribution in [0.3, 0.4) is 0 Å². The molecule has 2 atom stereocenters. The summed E-state index contributed by atoms with van der Waals surface area (Å²) in [6.45, 7) is 3.02. The van der Waals surface area contributed by atoms with Crippen molar-refractivity contribution in [2.45, 2.75) is 25.7 Å². The molecule has 2 aliphatic rings. The van der Waals surface area contributed by atoms with Gasteiger partial charge in [0.2, 0.25) is 11.9 Å². The Kier molecular flexibility index (Phi) is 5.90. The third-order valence-corrected chi connectivity index (χ3v) is 5.90. The number of amides is 1. The number of nitrogens with one attached hydrogen (secondary N) is 2. The van der Waals surface area contributed by atoms with Crippen LogP contribution in [-0.2, 0) is 14.3 Å². The molecule has 0 aliphatic carbocycles. The van der Waals surface area contributed by atoms with Gasteiger partial charge in [-0.15, -0.1) is 0 Å². The smallest absolute Gasteiger partial charge is 0.309 e. The van der Waals surface area contributed by atoms with Crippen LogP contribution in [0.1, 0.15) is 36.8 Å². The Hall–Kier alpha value is -3.74. The highest BCUT2D eigenvalue weighted by Gasteiger charge is 2.41. The number of rotatable bonds is 4. The molecule has 166 valence electrons. The first-order valence-corrected chi connectivity index (χ1v) is 10.4. The number of hydrogen-bond acceptors (Lipinski definition) is 7. The molecule has 0 saturated carbocycles. The van der Waals surface area contributed by atoms with Gasteiger partial charge in [-0.3, -0.25) is 19.4 Å². The summed E-state index contributed by atoms with van der Waals surface area (Å²) in [5, 5.41) is 12.1. The van der Waals surface area contributed by atoms with Gasteiger partial charge in [0.05, 0.1) is 24.2 Å². The van der Waals surface area contributed by atoms with Crippen LogP contribution >= 0.6 is 0 Å². The second-order valence-corrected chi connectivity index (χ2v) is 7.76. The summed E-state index contributed by atoms with van der Waals surface area (Å²) in [6, 6.07) is 7.65. The van der Waals surface area contributed by atoms with E-state index < -0.39 is 29.1 Å². The van der Waals surface area contributed by atoms with E-state index >= 15 is 0 Å². The number of aromatic amines is 1.